The van der Waals surface area contributed by atoms with E-state index < -0.39 is 7.82 Å². The Hall–Kier alpha value is -0.110. The van der Waals surface area contributed by atoms with E-state index in [9.17, 15) is 14.3 Å². The van der Waals surface area contributed by atoms with E-state index in [2.05, 4.69) is 19.2 Å². The first-order valence-electron chi connectivity index (χ1n) is 21.9. The summed E-state index contributed by atoms with van der Waals surface area (Å²) in [5, 5.41) is 3.07. The Kier molecular flexibility index (Phi) is 36.8. The van der Waals surface area contributed by atoms with Gasteiger partial charge in [0.25, 0.3) is 7.82 Å². The zero-order chi connectivity index (χ0) is 37.7. The first-order valence-corrected chi connectivity index (χ1v) is 24.5. The van der Waals surface area contributed by atoms with Crippen molar-refractivity contribution in [1.29, 1.82) is 0 Å². The number of carbonyl (C=O) groups is 1. The van der Waals surface area contributed by atoms with E-state index in [0.29, 0.717) is 23.2 Å². The molecule has 7 nitrogen and oxygen atoms in total. The van der Waals surface area contributed by atoms with Gasteiger partial charge in [-0.1, -0.05) is 187 Å². The van der Waals surface area contributed by atoms with E-state index in [1.165, 1.54) is 167 Å². The van der Waals surface area contributed by atoms with Gasteiger partial charge in [0.1, 0.15) is 13.2 Å². The van der Waals surface area contributed by atoms with Crippen LogP contribution >= 0.6 is 19.6 Å². The maximum Gasteiger partial charge on any atom is 0.268 e. The summed E-state index contributed by atoms with van der Waals surface area (Å²) >= 11 is 1.78. The molecule has 0 saturated heterocycles. The number of phosphoric ester groups is 1. The van der Waals surface area contributed by atoms with Gasteiger partial charge in [-0.05, 0) is 18.6 Å². The Labute approximate surface area is 322 Å². The largest absolute Gasteiger partial charge is 0.756 e. The van der Waals surface area contributed by atoms with Gasteiger partial charge in [-0.2, -0.15) is 11.8 Å². The number of phosphoric acid groups is 1. The molecule has 1 unspecified atom stereocenters. The molecule has 1 N–H and O–H groups in total. The van der Waals surface area contributed by atoms with Crippen LogP contribution in [0.3, 0.4) is 0 Å². The van der Waals surface area contributed by atoms with E-state index in [4.69, 9.17) is 9.05 Å². The normalized spacial score (nSPS) is 13.8. The maximum atomic E-state index is 12.8. The van der Waals surface area contributed by atoms with Gasteiger partial charge in [0.15, 0.2) is 0 Å². The number of hydrogen-bond donors (Lipinski definition) is 1. The van der Waals surface area contributed by atoms with Crippen LogP contribution < -0.4 is 10.2 Å². The number of carbonyl (C=O) groups excluding carboxylic acids is 1. The highest BCUT2D eigenvalue weighted by Gasteiger charge is 2.18. The molecule has 0 heterocycles. The zero-order valence-corrected chi connectivity index (χ0v) is 36.4. The SMILES string of the molecule is CCCCCCCCCCCCCCCCCC(=O)N[C@@H](COP(=O)([O-])OCC[N+](C)(C)C)CSCCCCCCCCCCCCCCCC. The van der Waals surface area contributed by atoms with E-state index in [-0.39, 0.29) is 25.2 Å². The quantitative estimate of drug-likeness (QED) is 0.0379. The van der Waals surface area contributed by atoms with Crippen molar-refractivity contribution in [3.63, 3.8) is 0 Å². The summed E-state index contributed by atoms with van der Waals surface area (Å²) in [5.74, 6) is 1.64. The number of amides is 1. The van der Waals surface area contributed by atoms with Crippen LogP contribution in [-0.4, -0.2) is 68.8 Å². The van der Waals surface area contributed by atoms with E-state index in [1.807, 2.05) is 21.1 Å². The minimum Gasteiger partial charge on any atom is -0.756 e. The van der Waals surface area contributed by atoms with Crippen LogP contribution in [0.5, 0.6) is 0 Å². The maximum absolute atomic E-state index is 12.8. The van der Waals surface area contributed by atoms with Crippen LogP contribution in [0.15, 0.2) is 0 Å². The molecule has 0 aromatic rings. The molecular weight excluding hydrogens is 676 g/mol. The molecule has 0 radical (unpaired) electrons. The summed E-state index contributed by atoms with van der Waals surface area (Å²) in [4.78, 5) is 25.2. The lowest BCUT2D eigenvalue weighted by Gasteiger charge is -2.28. The predicted molar refractivity (Wildman–Crippen MR) is 222 cm³/mol. The molecule has 1 amide bonds. The van der Waals surface area contributed by atoms with Gasteiger partial charge in [0, 0.05) is 12.2 Å². The van der Waals surface area contributed by atoms with Crippen molar-refractivity contribution >= 4 is 25.5 Å². The van der Waals surface area contributed by atoms with Gasteiger partial charge in [0.05, 0.1) is 33.8 Å². The fourth-order valence-corrected chi connectivity index (χ4v) is 8.14. The lowest BCUT2D eigenvalue weighted by atomic mass is 10.0. The predicted octanol–water partition coefficient (Wildman–Crippen LogP) is 12.2. The molecule has 0 saturated carbocycles. The van der Waals surface area contributed by atoms with E-state index in [0.717, 1.165) is 25.0 Å². The van der Waals surface area contributed by atoms with Crippen molar-refractivity contribution in [2.75, 3.05) is 52.4 Å². The first kappa shape index (κ1) is 50.9. The summed E-state index contributed by atoms with van der Waals surface area (Å²) in [7, 11) is 1.53. The molecule has 0 bridgehead atoms. The Morgan fingerprint density at radius 1 is 0.608 bits per heavy atom. The molecule has 0 aliphatic carbocycles. The summed E-state index contributed by atoms with van der Waals surface area (Å²) in [6.07, 6.45) is 38.8. The van der Waals surface area contributed by atoms with Crippen LogP contribution in [0, 0.1) is 0 Å². The van der Waals surface area contributed by atoms with Crippen LogP contribution in [0.2, 0.25) is 0 Å². The second kappa shape index (κ2) is 36.8. The van der Waals surface area contributed by atoms with Crippen LogP contribution in [0.4, 0.5) is 0 Å². The Morgan fingerprint density at radius 3 is 1.37 bits per heavy atom. The number of likely N-dealkylation sites (N-methyl/N-ethyl adjacent to an activating group) is 1. The topological polar surface area (TPSA) is 87.7 Å². The monoisotopic (exact) mass is 763 g/mol. The minimum atomic E-state index is -4.43. The van der Waals surface area contributed by atoms with Crippen molar-refractivity contribution in [3.05, 3.63) is 0 Å². The smallest absolute Gasteiger partial charge is 0.268 e. The second-order valence-corrected chi connectivity index (χ2v) is 18.8. The molecule has 0 aliphatic rings. The Bertz CT molecular complexity index is 798. The molecule has 0 aliphatic heterocycles. The van der Waals surface area contributed by atoms with Crippen molar-refractivity contribution in [1.82, 2.24) is 5.32 Å². The summed E-state index contributed by atoms with van der Waals surface area (Å²) in [5.41, 5.74) is 0. The highest BCUT2D eigenvalue weighted by Crippen LogP contribution is 2.38. The molecule has 0 aromatic carbocycles. The molecule has 0 spiro atoms. The van der Waals surface area contributed by atoms with Gasteiger partial charge < -0.3 is 23.7 Å². The van der Waals surface area contributed by atoms with E-state index in [1.54, 1.807) is 11.8 Å². The Balaban J connectivity index is 4.20. The molecule has 306 valence electrons. The Morgan fingerprint density at radius 2 is 0.980 bits per heavy atom. The van der Waals surface area contributed by atoms with Gasteiger partial charge in [-0.15, -0.1) is 0 Å². The standard InChI is InChI=1S/C42H87N2O5PS/c1-6-8-10-12-14-16-18-20-22-23-25-27-29-31-33-35-42(45)43-41(39-49-50(46,47)48-37-36-44(3,4)5)40-51-38-34-32-30-28-26-24-21-19-17-15-13-11-9-7-2/h41H,6-40H2,1-5H3,(H-,43,45,46,47)/t41-/m0/s1. The second-order valence-electron chi connectivity index (χ2n) is 16.2. The molecule has 0 fully saturated rings. The lowest BCUT2D eigenvalue weighted by molar-refractivity contribution is -0.870. The number of thioether (sulfide) groups is 1. The number of nitrogens with zero attached hydrogens (tertiary/aromatic N) is 1. The summed E-state index contributed by atoms with van der Waals surface area (Å²) < 4.78 is 23.4. The average molecular weight is 763 g/mol. The van der Waals surface area contributed by atoms with Crippen molar-refractivity contribution < 1.29 is 27.8 Å². The highest BCUT2D eigenvalue weighted by atomic mass is 32.2. The van der Waals surface area contributed by atoms with Crippen molar-refractivity contribution in [3.8, 4) is 0 Å². The molecule has 2 atom stereocenters. The fourth-order valence-electron chi connectivity index (χ4n) is 6.36. The molecule has 51 heavy (non-hydrogen) atoms. The molecule has 9 heteroatoms. The third-order valence-corrected chi connectivity index (χ3v) is 12.0. The number of quaternary nitrogens is 1. The van der Waals surface area contributed by atoms with Crippen LogP contribution in [0.25, 0.3) is 0 Å². The molecule has 0 rings (SSSR count). The van der Waals surface area contributed by atoms with Gasteiger partial charge in [0.2, 0.25) is 5.91 Å². The zero-order valence-electron chi connectivity index (χ0n) is 34.7. The molecular formula is C42H87N2O5PS. The van der Waals surface area contributed by atoms with Gasteiger partial charge in [-0.3, -0.25) is 9.36 Å². The third-order valence-electron chi connectivity index (χ3n) is 9.78. The average Bonchev–Trinajstić information content (AvgIpc) is 3.08. The van der Waals surface area contributed by atoms with Gasteiger partial charge >= 0.3 is 0 Å². The number of hydrogen-bond acceptors (Lipinski definition) is 6. The van der Waals surface area contributed by atoms with Gasteiger partial charge in [-0.25, -0.2) is 0 Å². The van der Waals surface area contributed by atoms with Crippen molar-refractivity contribution in [2.24, 2.45) is 0 Å². The van der Waals surface area contributed by atoms with Crippen molar-refractivity contribution in [2.45, 2.75) is 213 Å². The fraction of sp³-hybridized carbons (Fsp3) is 0.976. The number of unbranched alkanes of at least 4 members (excludes halogenated alkanes) is 27. The van der Waals surface area contributed by atoms with Crippen LogP contribution in [-0.2, 0) is 18.4 Å². The highest BCUT2D eigenvalue weighted by molar-refractivity contribution is 7.99. The lowest BCUT2D eigenvalue weighted by Crippen LogP contribution is -2.40. The summed E-state index contributed by atoms with van der Waals surface area (Å²) in [6, 6.07) is -0.352. The first-order chi connectivity index (χ1) is 24.6. The number of rotatable bonds is 41. The van der Waals surface area contributed by atoms with E-state index >= 15 is 0 Å². The summed E-state index contributed by atoms with van der Waals surface area (Å²) in [6.45, 7) is 5.11. The third kappa shape index (κ3) is 40.9. The number of nitrogens with one attached hydrogen (secondary N) is 1. The minimum absolute atomic E-state index is 0.0120. The van der Waals surface area contributed by atoms with Crippen LogP contribution in [0.1, 0.15) is 206 Å². The molecule has 0 aromatic heterocycles.